The number of fused-ring (bicyclic) bond motifs is 1. The van der Waals surface area contributed by atoms with Gasteiger partial charge in [0, 0.05) is 5.56 Å². The van der Waals surface area contributed by atoms with Gasteiger partial charge in [0.1, 0.15) is 12.0 Å². The van der Waals surface area contributed by atoms with Crippen LogP contribution in [0.15, 0.2) is 66.7 Å². The molecule has 36 heavy (non-hydrogen) atoms. The summed E-state index contributed by atoms with van der Waals surface area (Å²) in [5.41, 5.74) is 2.09. The van der Waals surface area contributed by atoms with Crippen molar-refractivity contribution in [1.82, 2.24) is 0 Å². The molecule has 0 unspecified atom stereocenters. The normalized spacial score (nSPS) is 20.8. The van der Waals surface area contributed by atoms with E-state index in [0.29, 0.717) is 39.8 Å². The number of hydrogen-bond acceptors (Lipinski definition) is 8. The molecule has 2 saturated heterocycles. The van der Waals surface area contributed by atoms with Crippen LogP contribution in [-0.4, -0.2) is 39.2 Å². The van der Waals surface area contributed by atoms with Crippen LogP contribution in [0.1, 0.15) is 17.2 Å². The van der Waals surface area contributed by atoms with Crippen molar-refractivity contribution in [2.45, 2.75) is 12.1 Å². The Morgan fingerprint density at radius 1 is 0.806 bits per heavy atom. The molecule has 0 radical (unpaired) electrons. The molecule has 2 aliphatic heterocycles. The van der Waals surface area contributed by atoms with Crippen LogP contribution >= 0.6 is 0 Å². The number of hydrogen-bond donors (Lipinski definition) is 0. The van der Waals surface area contributed by atoms with Gasteiger partial charge in [-0.05, 0) is 48.5 Å². The van der Waals surface area contributed by atoms with Gasteiger partial charge in [0.15, 0.2) is 17.6 Å². The molecule has 3 aromatic carbocycles. The molecule has 2 amide bonds. The number of para-hydroxylation sites is 1. The number of rotatable bonds is 6. The molecule has 5 rings (SSSR count). The van der Waals surface area contributed by atoms with E-state index < -0.39 is 29.9 Å². The predicted molar refractivity (Wildman–Crippen MR) is 130 cm³/mol. The SMILES string of the molecule is COc1ccc([C@H]2[C@@H]3C(=O)N(c4ccc(C#N)cc4)C(=O)[C@@H]3ON2c2ccccc2)c(OC)c1OC. The molecule has 3 atom stereocenters. The third kappa shape index (κ3) is 3.51. The average molecular weight is 485 g/mol. The van der Waals surface area contributed by atoms with E-state index in [2.05, 4.69) is 0 Å². The van der Waals surface area contributed by atoms with Crippen molar-refractivity contribution in [1.29, 1.82) is 5.26 Å². The Hall–Kier alpha value is -4.55. The van der Waals surface area contributed by atoms with E-state index in [0.717, 1.165) is 4.90 Å². The fraction of sp³-hybridized carbons (Fsp3) is 0.222. The van der Waals surface area contributed by atoms with E-state index in [1.54, 1.807) is 41.5 Å². The van der Waals surface area contributed by atoms with Gasteiger partial charge >= 0.3 is 0 Å². The number of carbonyl (C=O) groups is 2. The molecule has 0 aliphatic carbocycles. The highest BCUT2D eigenvalue weighted by atomic mass is 16.7. The number of ether oxygens (including phenoxy) is 3. The smallest absolute Gasteiger partial charge is 0.266 e. The van der Waals surface area contributed by atoms with Crippen LogP contribution in [-0.2, 0) is 14.4 Å². The maximum absolute atomic E-state index is 13.8. The highest BCUT2D eigenvalue weighted by molar-refractivity contribution is 6.24. The van der Waals surface area contributed by atoms with Gasteiger partial charge in [-0.15, -0.1) is 0 Å². The van der Waals surface area contributed by atoms with Crippen molar-refractivity contribution in [2.24, 2.45) is 5.92 Å². The van der Waals surface area contributed by atoms with Crippen molar-refractivity contribution in [3.63, 3.8) is 0 Å². The quantitative estimate of drug-likeness (QED) is 0.488. The highest BCUT2D eigenvalue weighted by Gasteiger charge is 2.61. The maximum atomic E-state index is 13.8. The number of carbonyl (C=O) groups excluding carboxylic acids is 2. The number of nitriles is 1. The zero-order valence-electron chi connectivity index (χ0n) is 19.9. The fourth-order valence-electron chi connectivity index (χ4n) is 4.83. The van der Waals surface area contributed by atoms with Crippen LogP contribution in [0, 0.1) is 17.2 Å². The van der Waals surface area contributed by atoms with Gasteiger partial charge in [-0.1, -0.05) is 18.2 Å². The second-order valence-electron chi connectivity index (χ2n) is 8.25. The summed E-state index contributed by atoms with van der Waals surface area (Å²) in [5.74, 6) is -0.528. The number of amides is 2. The maximum Gasteiger partial charge on any atom is 0.266 e. The number of benzene rings is 3. The largest absolute Gasteiger partial charge is 0.493 e. The molecule has 9 nitrogen and oxygen atoms in total. The first-order valence-electron chi connectivity index (χ1n) is 11.2. The molecule has 2 heterocycles. The Labute approximate surface area is 207 Å². The molecule has 182 valence electrons. The van der Waals surface area contributed by atoms with Gasteiger partial charge < -0.3 is 14.2 Å². The molecule has 0 aromatic heterocycles. The molecule has 2 fully saturated rings. The van der Waals surface area contributed by atoms with Crippen LogP contribution in [0.2, 0.25) is 0 Å². The number of methoxy groups -OCH3 is 3. The lowest BCUT2D eigenvalue weighted by Crippen LogP contribution is -2.37. The minimum absolute atomic E-state index is 0.370. The molecule has 3 aromatic rings. The lowest BCUT2D eigenvalue weighted by Gasteiger charge is -2.30. The number of hydroxylamine groups is 1. The lowest BCUT2D eigenvalue weighted by atomic mass is 9.89. The summed E-state index contributed by atoms with van der Waals surface area (Å²) in [7, 11) is 4.53. The Morgan fingerprint density at radius 2 is 1.50 bits per heavy atom. The van der Waals surface area contributed by atoms with Crippen LogP contribution < -0.4 is 24.2 Å². The predicted octanol–water partition coefficient (Wildman–Crippen LogP) is 3.64. The Kier molecular flexibility index (Phi) is 5.96. The molecule has 0 spiro atoms. The van der Waals surface area contributed by atoms with Crippen molar-refractivity contribution in [3.8, 4) is 23.3 Å². The van der Waals surface area contributed by atoms with E-state index in [9.17, 15) is 9.59 Å². The Morgan fingerprint density at radius 3 is 2.11 bits per heavy atom. The van der Waals surface area contributed by atoms with Crippen molar-refractivity contribution >= 4 is 23.2 Å². The zero-order chi connectivity index (χ0) is 25.4. The summed E-state index contributed by atoms with van der Waals surface area (Å²) in [6, 6.07) is 20.4. The van der Waals surface area contributed by atoms with Crippen molar-refractivity contribution in [3.05, 3.63) is 77.9 Å². The van der Waals surface area contributed by atoms with Gasteiger partial charge in [0.25, 0.3) is 5.91 Å². The first-order chi connectivity index (χ1) is 17.5. The van der Waals surface area contributed by atoms with Crippen molar-refractivity contribution < 1.29 is 28.6 Å². The summed E-state index contributed by atoms with van der Waals surface area (Å²) in [6.07, 6.45) is -1.05. The van der Waals surface area contributed by atoms with Crippen molar-refractivity contribution in [2.75, 3.05) is 31.3 Å². The highest BCUT2D eigenvalue weighted by Crippen LogP contribution is 2.52. The van der Waals surface area contributed by atoms with E-state index in [-0.39, 0.29) is 0 Å². The summed E-state index contributed by atoms with van der Waals surface area (Å²) in [5, 5.41) is 10.7. The van der Waals surface area contributed by atoms with Gasteiger partial charge in [0.2, 0.25) is 11.7 Å². The Bertz CT molecular complexity index is 1350. The zero-order valence-corrected chi connectivity index (χ0v) is 19.9. The fourth-order valence-corrected chi connectivity index (χ4v) is 4.83. The molecule has 0 N–H and O–H groups in total. The molecular weight excluding hydrogens is 462 g/mol. The summed E-state index contributed by atoms with van der Waals surface area (Å²) < 4.78 is 16.7. The average Bonchev–Trinajstić information content (AvgIpc) is 3.43. The Balaban J connectivity index is 1.64. The van der Waals surface area contributed by atoms with E-state index in [4.69, 9.17) is 24.3 Å². The monoisotopic (exact) mass is 485 g/mol. The summed E-state index contributed by atoms with van der Waals surface area (Å²) in [6.45, 7) is 0. The van der Waals surface area contributed by atoms with E-state index >= 15 is 0 Å². The van der Waals surface area contributed by atoms with Gasteiger partial charge in [0.05, 0.1) is 44.3 Å². The lowest BCUT2D eigenvalue weighted by molar-refractivity contribution is -0.126. The summed E-state index contributed by atoms with van der Waals surface area (Å²) >= 11 is 0. The molecule has 2 aliphatic rings. The third-order valence-corrected chi connectivity index (χ3v) is 6.43. The van der Waals surface area contributed by atoms with Crippen LogP contribution in [0.25, 0.3) is 0 Å². The number of imide groups is 1. The molecule has 9 heteroatoms. The van der Waals surface area contributed by atoms with Crippen LogP contribution in [0.3, 0.4) is 0 Å². The molecular formula is C27H23N3O6. The topological polar surface area (TPSA) is 101 Å². The van der Waals surface area contributed by atoms with Crippen LogP contribution in [0.5, 0.6) is 17.2 Å². The number of anilines is 2. The number of nitrogens with zero attached hydrogens (tertiary/aromatic N) is 3. The minimum Gasteiger partial charge on any atom is -0.493 e. The molecule has 0 saturated carbocycles. The van der Waals surface area contributed by atoms with E-state index in [1.807, 2.05) is 36.4 Å². The third-order valence-electron chi connectivity index (χ3n) is 6.43. The summed E-state index contributed by atoms with van der Waals surface area (Å²) in [4.78, 5) is 34.6. The second-order valence-corrected chi connectivity index (χ2v) is 8.25. The first kappa shape index (κ1) is 23.2. The second kappa shape index (κ2) is 9.24. The standard InChI is InChI=1S/C27H23N3O6/c1-33-20-14-13-19(23(34-2)24(20)35-3)22-21-25(36-30(22)18-7-5-4-6-8-18)27(32)29(26(21)31)17-11-9-16(15-28)10-12-17/h4-14,21-22,25H,1-3H3/t21-,22-,25+/m0/s1. The van der Waals surface area contributed by atoms with Gasteiger partial charge in [-0.25, -0.2) is 9.96 Å². The molecule has 0 bridgehead atoms. The van der Waals surface area contributed by atoms with Gasteiger partial charge in [-0.3, -0.25) is 14.4 Å². The minimum atomic E-state index is -1.05. The first-order valence-corrected chi connectivity index (χ1v) is 11.2. The van der Waals surface area contributed by atoms with Gasteiger partial charge in [-0.2, -0.15) is 5.26 Å². The van der Waals surface area contributed by atoms with E-state index in [1.165, 1.54) is 21.3 Å². The van der Waals surface area contributed by atoms with Crippen LogP contribution in [0.4, 0.5) is 11.4 Å².